The Kier molecular flexibility index (Phi) is 5.59. The van der Waals surface area contributed by atoms with Gasteiger partial charge in [-0.3, -0.25) is 0 Å². The molecule has 22 heavy (non-hydrogen) atoms. The third-order valence-corrected chi connectivity index (χ3v) is 5.22. The monoisotopic (exact) mass is 319 g/mol. The van der Waals surface area contributed by atoms with Crippen LogP contribution in [0.25, 0.3) is 0 Å². The van der Waals surface area contributed by atoms with Crippen LogP contribution in [0.5, 0.6) is 5.75 Å². The lowest BCUT2D eigenvalue weighted by Crippen LogP contribution is -2.38. The second-order valence-corrected chi connectivity index (χ2v) is 8.39. The second-order valence-electron chi connectivity index (χ2n) is 6.39. The first-order valence-electron chi connectivity index (χ1n) is 7.58. The van der Waals surface area contributed by atoms with Gasteiger partial charge in [0, 0.05) is 11.5 Å². The average molecular weight is 319 g/mol. The molecule has 0 bridgehead atoms. The minimum Gasteiger partial charge on any atom is -0.496 e. The highest BCUT2D eigenvalue weighted by Crippen LogP contribution is 2.33. The highest BCUT2D eigenvalue weighted by atomic mass is 32.2. The maximum Gasteiger partial charge on any atom is 0.123 e. The van der Waals surface area contributed by atoms with Crippen molar-refractivity contribution in [1.29, 1.82) is 0 Å². The van der Waals surface area contributed by atoms with Gasteiger partial charge < -0.3 is 4.74 Å². The van der Waals surface area contributed by atoms with Crippen LogP contribution >= 0.6 is 0 Å². The zero-order chi connectivity index (χ0) is 16.2. The van der Waals surface area contributed by atoms with Gasteiger partial charge in [0.1, 0.15) is 5.75 Å². The molecule has 0 aliphatic heterocycles. The smallest absolute Gasteiger partial charge is 0.123 e. The lowest BCUT2D eigenvalue weighted by atomic mass is 9.90. The Bertz CT molecular complexity index is 575. The van der Waals surface area contributed by atoms with Crippen LogP contribution in [-0.4, -0.2) is 16.1 Å². The molecule has 0 fully saturated rings. The van der Waals surface area contributed by atoms with Crippen molar-refractivity contribution in [1.82, 2.24) is 4.72 Å². The van der Waals surface area contributed by atoms with Crippen molar-refractivity contribution in [2.75, 3.05) is 7.11 Å². The zero-order valence-corrected chi connectivity index (χ0v) is 14.5. The number of methoxy groups -OCH3 is 1. The summed E-state index contributed by atoms with van der Waals surface area (Å²) in [4.78, 5) is 0. The molecule has 2 rings (SSSR count). The van der Waals surface area contributed by atoms with E-state index in [2.05, 4.69) is 29.0 Å². The third kappa shape index (κ3) is 4.08. The van der Waals surface area contributed by atoms with Gasteiger partial charge in [-0.05, 0) is 33.3 Å². The fourth-order valence-corrected chi connectivity index (χ4v) is 3.27. The Morgan fingerprint density at radius 1 is 1.23 bits per heavy atom. The van der Waals surface area contributed by atoms with Gasteiger partial charge in [0.2, 0.25) is 0 Å². The minimum atomic E-state index is -1.15. The van der Waals surface area contributed by atoms with Crippen molar-refractivity contribution >= 4 is 11.0 Å². The molecule has 120 valence electrons. The molecule has 2 atom stereocenters. The van der Waals surface area contributed by atoms with Crippen LogP contribution in [-0.2, 0) is 11.0 Å². The molecule has 0 radical (unpaired) electrons. The first kappa shape index (κ1) is 17.0. The van der Waals surface area contributed by atoms with Crippen LogP contribution < -0.4 is 9.46 Å². The summed E-state index contributed by atoms with van der Waals surface area (Å²) < 4.78 is 21.1. The van der Waals surface area contributed by atoms with Crippen molar-refractivity contribution in [3.63, 3.8) is 0 Å². The quantitative estimate of drug-likeness (QED) is 0.835. The number of nitrogens with one attached hydrogen (secondary N) is 1. The summed E-state index contributed by atoms with van der Waals surface area (Å²) >= 11 is 0. The molecule has 1 aliphatic carbocycles. The lowest BCUT2D eigenvalue weighted by Gasteiger charge is -2.29. The Hall–Kier alpha value is -1.39. The van der Waals surface area contributed by atoms with E-state index >= 15 is 0 Å². The summed E-state index contributed by atoms with van der Waals surface area (Å²) in [6.45, 7) is 5.92. The van der Waals surface area contributed by atoms with Gasteiger partial charge in [0.15, 0.2) is 0 Å². The molecular weight excluding hydrogens is 294 g/mol. The first-order valence-corrected chi connectivity index (χ1v) is 8.72. The van der Waals surface area contributed by atoms with Crippen LogP contribution in [0.3, 0.4) is 0 Å². The lowest BCUT2D eigenvalue weighted by molar-refractivity contribution is 0.399. The fraction of sp³-hybridized carbons (Fsp3) is 0.444. The summed E-state index contributed by atoms with van der Waals surface area (Å²) in [5, 5.41) is 0. The van der Waals surface area contributed by atoms with Gasteiger partial charge in [-0.25, -0.2) is 8.93 Å². The van der Waals surface area contributed by atoms with Crippen molar-refractivity contribution < 1.29 is 8.95 Å². The van der Waals surface area contributed by atoms with Gasteiger partial charge in [-0.15, -0.1) is 0 Å². The zero-order valence-electron chi connectivity index (χ0n) is 13.7. The van der Waals surface area contributed by atoms with Gasteiger partial charge in [-0.2, -0.15) is 0 Å². The van der Waals surface area contributed by atoms with E-state index in [9.17, 15) is 4.21 Å². The molecule has 0 aromatic heterocycles. The minimum absolute atomic E-state index is 0.0796. The van der Waals surface area contributed by atoms with E-state index in [4.69, 9.17) is 4.74 Å². The van der Waals surface area contributed by atoms with Gasteiger partial charge in [0.25, 0.3) is 0 Å². The first-order chi connectivity index (χ1) is 10.4. The summed E-state index contributed by atoms with van der Waals surface area (Å²) in [6.07, 6.45) is 9.59. The number of benzene rings is 1. The van der Waals surface area contributed by atoms with Crippen molar-refractivity contribution in [2.24, 2.45) is 5.92 Å². The van der Waals surface area contributed by atoms with E-state index in [1.54, 1.807) is 7.11 Å². The molecule has 1 aliphatic rings. The molecular formula is C18H25NO2S. The van der Waals surface area contributed by atoms with E-state index < -0.39 is 11.0 Å². The van der Waals surface area contributed by atoms with E-state index in [0.29, 0.717) is 0 Å². The number of ether oxygens (including phenoxy) is 1. The maximum atomic E-state index is 12.6. The van der Waals surface area contributed by atoms with Gasteiger partial charge >= 0.3 is 0 Å². The van der Waals surface area contributed by atoms with Crippen LogP contribution in [0.2, 0.25) is 0 Å². The summed E-state index contributed by atoms with van der Waals surface area (Å²) in [5.41, 5.74) is 1.03. The second kappa shape index (κ2) is 7.25. The van der Waals surface area contributed by atoms with Gasteiger partial charge in [-0.1, -0.05) is 42.5 Å². The van der Waals surface area contributed by atoms with Crippen LogP contribution in [0.4, 0.5) is 0 Å². The fourth-order valence-electron chi connectivity index (χ4n) is 2.40. The summed E-state index contributed by atoms with van der Waals surface area (Å²) in [7, 11) is 0.517. The SMILES string of the molecule is COc1ccccc1[C@@H](NS(=O)C(C)(C)C)C1C=CCC=C1. The van der Waals surface area contributed by atoms with Crippen molar-refractivity contribution in [3.8, 4) is 5.75 Å². The predicted octanol–water partition coefficient (Wildman–Crippen LogP) is 3.92. The van der Waals surface area contributed by atoms with Crippen LogP contribution in [0, 0.1) is 5.92 Å². The molecule has 0 spiro atoms. The highest BCUT2D eigenvalue weighted by molar-refractivity contribution is 7.84. The molecule has 3 nitrogen and oxygen atoms in total. The number of para-hydroxylation sites is 1. The normalized spacial score (nSPS) is 18.2. The molecule has 0 saturated carbocycles. The van der Waals surface area contributed by atoms with Crippen LogP contribution in [0.1, 0.15) is 38.8 Å². The average Bonchev–Trinajstić information content (AvgIpc) is 2.52. The topological polar surface area (TPSA) is 38.3 Å². The number of hydrogen-bond acceptors (Lipinski definition) is 2. The molecule has 0 saturated heterocycles. The summed E-state index contributed by atoms with van der Waals surface area (Å²) in [5.74, 6) is 0.981. The number of allylic oxidation sites excluding steroid dienone is 2. The van der Waals surface area contributed by atoms with Crippen molar-refractivity contribution in [3.05, 3.63) is 54.1 Å². The van der Waals surface area contributed by atoms with Crippen LogP contribution in [0.15, 0.2) is 48.6 Å². The summed E-state index contributed by atoms with van der Waals surface area (Å²) in [6, 6.07) is 7.84. The molecule has 1 N–H and O–H groups in total. The number of hydrogen-bond donors (Lipinski definition) is 1. The third-order valence-electron chi connectivity index (χ3n) is 3.64. The predicted molar refractivity (Wildman–Crippen MR) is 93.2 cm³/mol. The Labute approximate surface area is 136 Å². The Morgan fingerprint density at radius 3 is 2.45 bits per heavy atom. The molecule has 0 amide bonds. The molecule has 1 aromatic rings. The Morgan fingerprint density at radius 2 is 1.86 bits per heavy atom. The van der Waals surface area contributed by atoms with E-state index in [-0.39, 0.29) is 16.7 Å². The number of rotatable bonds is 5. The standard InChI is InChI=1S/C18H25NO2S/c1-18(2,3)22(20)19-17(14-10-6-5-7-11-14)15-12-8-9-13-16(15)21-4/h6-14,17,19H,5H2,1-4H3/t17-,22?/m0/s1. The molecule has 0 heterocycles. The molecule has 1 aromatic carbocycles. The molecule has 1 unspecified atom stereocenters. The van der Waals surface area contributed by atoms with E-state index in [0.717, 1.165) is 17.7 Å². The van der Waals surface area contributed by atoms with E-state index in [1.807, 2.05) is 45.0 Å². The van der Waals surface area contributed by atoms with Gasteiger partial charge in [0.05, 0.1) is 28.9 Å². The molecule has 4 heteroatoms. The van der Waals surface area contributed by atoms with Crippen molar-refractivity contribution in [2.45, 2.75) is 38.0 Å². The highest BCUT2D eigenvalue weighted by Gasteiger charge is 2.28. The maximum absolute atomic E-state index is 12.6. The Balaban J connectivity index is 2.37. The van der Waals surface area contributed by atoms with E-state index in [1.165, 1.54) is 0 Å². The largest absolute Gasteiger partial charge is 0.496 e.